The van der Waals surface area contributed by atoms with Crippen molar-refractivity contribution in [1.29, 1.82) is 0 Å². The first-order valence-electron chi connectivity index (χ1n) is 16.9. The van der Waals surface area contributed by atoms with E-state index in [1.807, 2.05) is 0 Å². The highest BCUT2D eigenvalue weighted by Gasteiger charge is 2.45. The fourth-order valence-electron chi connectivity index (χ4n) is 7.23. The Morgan fingerprint density at radius 3 is 2.48 bits per heavy atom. The lowest BCUT2D eigenvalue weighted by Gasteiger charge is -2.25. The van der Waals surface area contributed by atoms with Crippen LogP contribution < -0.4 is 10.6 Å². The number of carbonyl (C=O) groups excluding carboxylic acids is 5. The maximum absolute atomic E-state index is 16.0. The van der Waals surface area contributed by atoms with Crippen LogP contribution in [0.5, 0.6) is 0 Å². The second-order valence-corrected chi connectivity index (χ2v) is 22.3. The van der Waals surface area contributed by atoms with Crippen molar-refractivity contribution < 1.29 is 36.8 Å². The largest absolute Gasteiger partial charge is 0.348 e. The van der Waals surface area contributed by atoms with Crippen molar-refractivity contribution in [2.75, 3.05) is 17.2 Å². The molecular formula is C37H36ClFN4O7SSi. The van der Waals surface area contributed by atoms with Crippen LogP contribution in [-0.2, 0) is 32.5 Å². The number of fused-ring (bicyclic) bond motifs is 2. The maximum atomic E-state index is 16.0. The molecule has 2 N–H and O–H groups in total. The van der Waals surface area contributed by atoms with Crippen LogP contribution in [0.3, 0.4) is 0 Å². The van der Waals surface area contributed by atoms with Crippen LogP contribution in [0.25, 0.3) is 22.0 Å². The minimum Gasteiger partial charge on any atom is -0.348 e. The van der Waals surface area contributed by atoms with E-state index in [-0.39, 0.29) is 58.1 Å². The van der Waals surface area contributed by atoms with Crippen LogP contribution in [0, 0.1) is 5.82 Å². The monoisotopic (exact) mass is 762 g/mol. The number of ketones is 2. The first-order chi connectivity index (χ1) is 24.5. The molecule has 1 atom stereocenters. The molecule has 1 aromatic heterocycles. The lowest BCUT2D eigenvalue weighted by molar-refractivity contribution is -0.136. The molecule has 2 fully saturated rings. The maximum Gasteiger partial charge on any atom is 0.251 e. The fourth-order valence-corrected chi connectivity index (χ4v) is 12.1. The van der Waals surface area contributed by atoms with Crippen LogP contribution in [-0.4, -0.2) is 78.5 Å². The van der Waals surface area contributed by atoms with Gasteiger partial charge in [0.25, 0.3) is 5.91 Å². The molecule has 4 aromatic rings. The van der Waals surface area contributed by atoms with Gasteiger partial charge in [-0.2, -0.15) is 0 Å². The van der Waals surface area contributed by atoms with Crippen LogP contribution in [0.4, 0.5) is 10.1 Å². The molecule has 3 amide bonds. The average Bonchev–Trinajstić information content (AvgIpc) is 3.70. The molecule has 1 saturated heterocycles. The van der Waals surface area contributed by atoms with Crippen molar-refractivity contribution in [3.05, 3.63) is 87.8 Å². The first kappa shape index (κ1) is 35.7. The van der Waals surface area contributed by atoms with Gasteiger partial charge in [0.2, 0.25) is 11.8 Å². The Labute approximate surface area is 305 Å². The summed E-state index contributed by atoms with van der Waals surface area (Å²) >= 11 is 6.61. The van der Waals surface area contributed by atoms with Crippen molar-refractivity contribution in [1.82, 2.24) is 14.8 Å². The van der Waals surface area contributed by atoms with Gasteiger partial charge in [0, 0.05) is 63.2 Å². The number of carbonyl (C=O) groups is 5. The zero-order valence-electron chi connectivity index (χ0n) is 28.7. The topological polar surface area (TPSA) is 152 Å². The van der Waals surface area contributed by atoms with Gasteiger partial charge >= 0.3 is 0 Å². The first-order valence-corrected chi connectivity index (χ1v) is 22.4. The van der Waals surface area contributed by atoms with Gasteiger partial charge in [-0.15, -0.1) is 0 Å². The number of nitrogens with one attached hydrogen (secondary N) is 2. The quantitative estimate of drug-likeness (QED) is 0.162. The van der Waals surface area contributed by atoms with Gasteiger partial charge < -0.3 is 20.1 Å². The number of sulfone groups is 1. The highest BCUT2D eigenvalue weighted by Crippen LogP contribution is 2.38. The molecule has 1 aliphatic carbocycles. The smallest absolute Gasteiger partial charge is 0.251 e. The van der Waals surface area contributed by atoms with E-state index in [1.165, 1.54) is 42.3 Å². The van der Waals surface area contributed by atoms with E-state index >= 15 is 4.39 Å². The number of Topliss-reactive ketones (excluding diaryl/α,β-unsaturated/α-hetero) is 2. The molecule has 3 aromatic carbocycles. The highest BCUT2D eigenvalue weighted by molar-refractivity contribution is 7.93. The van der Waals surface area contributed by atoms with Gasteiger partial charge in [-0.25, -0.2) is 12.8 Å². The second-order valence-electron chi connectivity index (χ2n) is 14.6. The summed E-state index contributed by atoms with van der Waals surface area (Å²) in [4.78, 5) is 67.0. The molecule has 0 spiro atoms. The van der Waals surface area contributed by atoms with E-state index in [2.05, 4.69) is 23.7 Å². The molecule has 0 unspecified atom stereocenters. The van der Waals surface area contributed by atoms with Crippen LogP contribution in [0.2, 0.25) is 24.2 Å². The molecule has 270 valence electrons. The number of aromatic nitrogens is 1. The van der Waals surface area contributed by atoms with Gasteiger partial charge in [-0.05, 0) is 56.1 Å². The highest BCUT2D eigenvalue weighted by atomic mass is 35.5. The predicted octanol–water partition coefficient (Wildman–Crippen LogP) is 5.40. The molecule has 15 heteroatoms. The molecule has 3 heterocycles. The predicted molar refractivity (Wildman–Crippen MR) is 198 cm³/mol. The number of amides is 3. The number of hydrogen-bond donors (Lipinski definition) is 2. The molecular weight excluding hydrogens is 727 g/mol. The molecule has 3 aliphatic rings. The van der Waals surface area contributed by atoms with E-state index in [0.29, 0.717) is 52.6 Å². The van der Waals surface area contributed by atoms with Crippen LogP contribution in [0.15, 0.2) is 54.7 Å². The average molecular weight is 763 g/mol. The van der Waals surface area contributed by atoms with Crippen molar-refractivity contribution in [3.8, 4) is 11.1 Å². The van der Waals surface area contributed by atoms with E-state index in [4.69, 9.17) is 11.6 Å². The normalized spacial score (nSPS) is 18.0. The summed E-state index contributed by atoms with van der Waals surface area (Å²) in [5.41, 5.74) is 2.38. The Bertz CT molecular complexity index is 2350. The van der Waals surface area contributed by atoms with E-state index in [0.717, 1.165) is 0 Å². The van der Waals surface area contributed by atoms with E-state index < -0.39 is 52.5 Å². The molecule has 2 aliphatic heterocycles. The Morgan fingerprint density at radius 1 is 1.04 bits per heavy atom. The number of nitrogens with zero attached hydrogens (tertiary/aromatic N) is 2. The molecule has 0 bridgehead atoms. The number of hydrogen-bond acceptors (Lipinski definition) is 7. The lowest BCUT2D eigenvalue weighted by Crippen LogP contribution is -2.44. The Balaban J connectivity index is 1.12. The molecule has 7 rings (SSSR count). The fraction of sp³-hybridized carbons (Fsp3) is 0.324. The summed E-state index contributed by atoms with van der Waals surface area (Å²) in [6.45, 7) is 5.52. The molecule has 0 radical (unpaired) electrons. The molecule has 52 heavy (non-hydrogen) atoms. The minimum atomic E-state index is -3.54. The minimum absolute atomic E-state index is 0.0789. The van der Waals surface area contributed by atoms with Gasteiger partial charge in [0.15, 0.2) is 27.2 Å². The standard InChI is InChI=1S/C37H36ClFN4O7SSi/c1-20(44)28-15-42(30-12-7-21(13-26(28)30)32(45)17-51(49,50)22-8-9-22)16-33(46)43-19-52(2,3)18-31(43)37(48)41-29-6-4-5-24(35(29)39)23-10-11-25-27(34(23)38)14-40-36(25)47/h4-7,10-13,15,22,31H,8-9,14,16-19H2,1-3H3,(H,40,47)(H,41,48)/t31-/m0/s1. The van der Waals surface area contributed by atoms with Gasteiger partial charge in [-0.3, -0.25) is 24.0 Å². The summed E-state index contributed by atoms with van der Waals surface area (Å²) in [7, 11) is -5.63. The van der Waals surface area contributed by atoms with Crippen LogP contribution >= 0.6 is 11.6 Å². The third-order valence-electron chi connectivity index (χ3n) is 10.1. The van der Waals surface area contributed by atoms with E-state index in [9.17, 15) is 32.4 Å². The van der Waals surface area contributed by atoms with Crippen molar-refractivity contribution in [3.63, 3.8) is 0 Å². The Hall–Kier alpha value is -4.66. The Morgan fingerprint density at radius 2 is 1.77 bits per heavy atom. The van der Waals surface area contributed by atoms with Crippen molar-refractivity contribution in [2.45, 2.75) is 63.3 Å². The Kier molecular flexibility index (Phi) is 8.99. The van der Waals surface area contributed by atoms with Gasteiger partial charge in [0.1, 0.15) is 18.3 Å². The van der Waals surface area contributed by atoms with Crippen molar-refractivity contribution in [2.24, 2.45) is 0 Å². The van der Waals surface area contributed by atoms with E-state index in [1.54, 1.807) is 28.8 Å². The summed E-state index contributed by atoms with van der Waals surface area (Å²) in [6.07, 6.45) is 3.02. The van der Waals surface area contributed by atoms with Gasteiger partial charge in [-0.1, -0.05) is 42.9 Å². The summed E-state index contributed by atoms with van der Waals surface area (Å²) in [6, 6.07) is 11.9. The molecule has 11 nitrogen and oxygen atoms in total. The lowest BCUT2D eigenvalue weighted by atomic mass is 9.99. The third kappa shape index (κ3) is 6.58. The van der Waals surface area contributed by atoms with Crippen LogP contribution in [0.1, 0.15) is 56.4 Å². The third-order valence-corrected chi connectivity index (χ3v) is 15.3. The summed E-state index contributed by atoms with van der Waals surface area (Å²) < 4.78 is 42.5. The molecule has 1 saturated carbocycles. The number of halogens is 2. The van der Waals surface area contributed by atoms with Crippen molar-refractivity contribution >= 4 is 75.4 Å². The zero-order chi connectivity index (χ0) is 37.3. The number of rotatable bonds is 10. The SMILES string of the molecule is CC(=O)c1cn(CC(=O)N2C[Si](C)(C)C[C@H]2C(=O)Nc2cccc(-c3ccc4c(c3Cl)CNC4=O)c2F)c2ccc(C(=O)CS(=O)(=O)C3CC3)cc12. The number of anilines is 1. The summed E-state index contributed by atoms with van der Waals surface area (Å²) in [5, 5.41) is 5.59. The summed E-state index contributed by atoms with van der Waals surface area (Å²) in [5.74, 6) is -3.33. The second kappa shape index (κ2) is 13.1. The van der Waals surface area contributed by atoms with Gasteiger partial charge in [0.05, 0.1) is 24.0 Å². The number of benzene rings is 3. The zero-order valence-corrected chi connectivity index (χ0v) is 31.3.